The van der Waals surface area contributed by atoms with E-state index in [0.717, 1.165) is 6.07 Å². The van der Waals surface area contributed by atoms with Crippen molar-refractivity contribution in [1.82, 2.24) is 34.6 Å². The largest absolute Gasteiger partial charge is 0.406 e. The van der Waals surface area contributed by atoms with E-state index < -0.39 is 54.8 Å². The van der Waals surface area contributed by atoms with Crippen LogP contribution >= 0.6 is 0 Å². The summed E-state index contributed by atoms with van der Waals surface area (Å²) in [5.41, 5.74) is 0.462. The number of aromatic amines is 1. The number of rotatable bonds is 4. The fourth-order valence-electron chi connectivity index (χ4n) is 5.54. The molecule has 0 unspecified atom stereocenters. The molecule has 214 valence electrons. The van der Waals surface area contributed by atoms with Crippen molar-refractivity contribution in [3.63, 3.8) is 0 Å². The molecule has 0 saturated carbocycles. The number of H-pyrrole nitrogens is 1. The van der Waals surface area contributed by atoms with Crippen LogP contribution in [0, 0.1) is 11.6 Å². The summed E-state index contributed by atoms with van der Waals surface area (Å²) in [6.07, 6.45) is -1.07. The number of alkyl halides is 3. The number of benzene rings is 1. The van der Waals surface area contributed by atoms with Gasteiger partial charge in [0.05, 0.1) is 6.20 Å². The molecule has 2 aliphatic rings. The van der Waals surface area contributed by atoms with Gasteiger partial charge in [0.2, 0.25) is 5.91 Å². The van der Waals surface area contributed by atoms with Crippen LogP contribution in [-0.4, -0.2) is 79.7 Å². The Morgan fingerprint density at radius 1 is 1.10 bits per heavy atom. The van der Waals surface area contributed by atoms with Crippen LogP contribution in [0.2, 0.25) is 0 Å². The summed E-state index contributed by atoms with van der Waals surface area (Å²) in [6.45, 7) is -1.60. The highest BCUT2D eigenvalue weighted by Gasteiger charge is 2.40. The zero-order chi connectivity index (χ0) is 28.6. The molecule has 0 radical (unpaired) electrons. The lowest BCUT2D eigenvalue weighted by atomic mass is 9.93. The predicted octanol–water partition coefficient (Wildman–Crippen LogP) is 3.08. The molecular formula is C25H26F5N7O3. The molecule has 15 heteroatoms. The first-order chi connectivity index (χ1) is 19.0. The lowest BCUT2D eigenvalue weighted by Gasteiger charge is -2.34. The number of piperidine rings is 1. The van der Waals surface area contributed by atoms with Gasteiger partial charge in [0.15, 0.2) is 17.3 Å². The molecule has 2 aromatic heterocycles. The molecule has 5 rings (SSSR count). The summed E-state index contributed by atoms with van der Waals surface area (Å²) >= 11 is 0. The van der Waals surface area contributed by atoms with Gasteiger partial charge in [0.1, 0.15) is 24.4 Å². The first-order valence-corrected chi connectivity index (χ1v) is 12.8. The Morgan fingerprint density at radius 2 is 1.85 bits per heavy atom. The zero-order valence-electron chi connectivity index (χ0n) is 21.1. The molecule has 4 heterocycles. The number of carbonyl (C=O) groups is 2. The molecule has 0 bridgehead atoms. The number of halogens is 5. The number of aromatic nitrogens is 4. The van der Waals surface area contributed by atoms with Gasteiger partial charge in [-0.15, -0.1) is 0 Å². The van der Waals surface area contributed by atoms with E-state index in [1.54, 1.807) is 4.57 Å². The number of hydrogen-bond donors (Lipinski definition) is 2. The van der Waals surface area contributed by atoms with Crippen LogP contribution < -0.4 is 11.0 Å². The molecule has 2 aliphatic heterocycles. The molecule has 2 atom stereocenters. The second kappa shape index (κ2) is 10.8. The fourth-order valence-corrected chi connectivity index (χ4v) is 5.54. The first kappa shape index (κ1) is 27.5. The third-order valence-corrected chi connectivity index (χ3v) is 7.46. The molecule has 2 saturated heterocycles. The number of fused-ring (bicyclic) bond motifs is 1. The van der Waals surface area contributed by atoms with Crippen molar-refractivity contribution in [1.29, 1.82) is 0 Å². The van der Waals surface area contributed by atoms with E-state index in [0.29, 0.717) is 28.9 Å². The first-order valence-electron chi connectivity index (χ1n) is 12.8. The van der Waals surface area contributed by atoms with E-state index >= 15 is 0 Å². The van der Waals surface area contributed by atoms with Crippen molar-refractivity contribution in [3.8, 4) is 0 Å². The average molecular weight is 568 g/mol. The lowest BCUT2D eigenvalue weighted by molar-refractivity contribution is -0.162. The number of hydrogen-bond acceptors (Lipinski definition) is 5. The molecule has 2 N–H and O–H groups in total. The number of nitrogens with zero attached hydrogens (tertiary/aromatic N) is 5. The Bertz CT molecular complexity index is 1460. The Kier molecular flexibility index (Phi) is 7.47. The van der Waals surface area contributed by atoms with Crippen LogP contribution in [0.15, 0.2) is 35.5 Å². The van der Waals surface area contributed by atoms with E-state index in [-0.39, 0.29) is 43.2 Å². The Labute approximate surface area is 224 Å². The second-order valence-corrected chi connectivity index (χ2v) is 10.0. The topological polar surface area (TPSA) is 116 Å². The minimum absolute atomic E-state index is 0.0546. The summed E-state index contributed by atoms with van der Waals surface area (Å²) in [7, 11) is 0. The molecule has 3 amide bonds. The molecule has 40 heavy (non-hydrogen) atoms. The number of urea groups is 1. The van der Waals surface area contributed by atoms with Gasteiger partial charge in [0, 0.05) is 31.6 Å². The van der Waals surface area contributed by atoms with Gasteiger partial charge in [-0.05, 0) is 37.3 Å². The minimum Gasteiger partial charge on any atom is -0.331 e. The van der Waals surface area contributed by atoms with Crippen molar-refractivity contribution in [2.75, 3.05) is 26.2 Å². The molecule has 2 fully saturated rings. The summed E-state index contributed by atoms with van der Waals surface area (Å²) in [5.74, 6) is -4.13. The highest BCUT2D eigenvalue weighted by atomic mass is 19.4. The molecule has 3 aromatic rings. The van der Waals surface area contributed by atoms with Crippen LogP contribution in [0.25, 0.3) is 11.2 Å². The summed E-state index contributed by atoms with van der Waals surface area (Å²) < 4.78 is 69.8. The van der Waals surface area contributed by atoms with Gasteiger partial charge in [-0.2, -0.15) is 13.2 Å². The van der Waals surface area contributed by atoms with Crippen molar-refractivity contribution in [3.05, 3.63) is 58.4 Å². The monoisotopic (exact) mass is 567 g/mol. The number of imidazole rings is 1. The predicted molar refractivity (Wildman–Crippen MR) is 131 cm³/mol. The molecule has 0 spiro atoms. The van der Waals surface area contributed by atoms with Crippen LogP contribution in [0.1, 0.15) is 43.2 Å². The third-order valence-electron chi connectivity index (χ3n) is 7.46. The van der Waals surface area contributed by atoms with Crippen molar-refractivity contribution in [2.45, 2.75) is 49.9 Å². The molecule has 1 aromatic carbocycles. The molecular weight excluding hydrogens is 541 g/mol. The van der Waals surface area contributed by atoms with Gasteiger partial charge in [-0.25, -0.2) is 28.3 Å². The smallest absolute Gasteiger partial charge is 0.331 e. The van der Waals surface area contributed by atoms with E-state index in [1.165, 1.54) is 29.6 Å². The lowest BCUT2D eigenvalue weighted by Crippen LogP contribution is -2.54. The van der Waals surface area contributed by atoms with E-state index in [4.69, 9.17) is 0 Å². The van der Waals surface area contributed by atoms with Crippen LogP contribution in [0.5, 0.6) is 0 Å². The fraction of sp³-hybridized carbons (Fsp3) is 0.480. The number of nitrogens with one attached hydrogen (secondary N) is 2. The Morgan fingerprint density at radius 3 is 2.58 bits per heavy atom. The third kappa shape index (κ3) is 5.63. The average Bonchev–Trinajstić information content (AvgIpc) is 3.18. The van der Waals surface area contributed by atoms with Crippen molar-refractivity contribution >= 4 is 23.1 Å². The van der Waals surface area contributed by atoms with Gasteiger partial charge in [0.25, 0.3) is 0 Å². The summed E-state index contributed by atoms with van der Waals surface area (Å²) in [4.78, 5) is 51.3. The number of amides is 3. The van der Waals surface area contributed by atoms with Gasteiger partial charge in [-0.1, -0.05) is 12.1 Å². The second-order valence-electron chi connectivity index (χ2n) is 10.0. The van der Waals surface area contributed by atoms with Gasteiger partial charge in [-0.3, -0.25) is 14.3 Å². The van der Waals surface area contributed by atoms with Crippen LogP contribution in [0.4, 0.5) is 26.7 Å². The molecule has 0 aliphatic carbocycles. The molecule has 10 nitrogen and oxygen atoms in total. The number of carbonyl (C=O) groups excluding carboxylic acids is 2. The minimum atomic E-state index is -4.73. The normalized spacial score (nSPS) is 21.1. The summed E-state index contributed by atoms with van der Waals surface area (Å²) in [6, 6.07) is 1.31. The highest BCUT2D eigenvalue weighted by molar-refractivity contribution is 5.87. The zero-order valence-corrected chi connectivity index (χ0v) is 21.1. The van der Waals surface area contributed by atoms with Gasteiger partial charge >= 0.3 is 17.9 Å². The van der Waals surface area contributed by atoms with Crippen LogP contribution in [0.3, 0.4) is 0 Å². The summed E-state index contributed by atoms with van der Waals surface area (Å²) in [5, 5.41) is 2.55. The van der Waals surface area contributed by atoms with E-state index in [9.17, 15) is 36.3 Å². The maximum Gasteiger partial charge on any atom is 0.406 e. The van der Waals surface area contributed by atoms with Crippen molar-refractivity contribution in [2.24, 2.45) is 0 Å². The maximum absolute atomic E-state index is 14.5. The Hall–Kier alpha value is -4.04. The number of likely N-dealkylation sites (tertiary alicyclic amines) is 2. The Balaban J connectivity index is 1.28. The van der Waals surface area contributed by atoms with Crippen molar-refractivity contribution < 1.29 is 31.5 Å². The standard InChI is InChI=1S/C25H26F5N7O3/c26-17-3-1-2-16(20(17)27)14-4-5-18(22(38)36(11-14)12-25(28,29)30)33-23(39)35-8-6-15(7-9-35)37-19-10-31-13-32-21(19)34-24(37)40/h1-3,10,13-15,18H,4-9,11-12H2,(H,33,39)(H,31,32,34,40)/t14-,18-/m1/s1. The van der Waals surface area contributed by atoms with E-state index in [2.05, 4.69) is 20.3 Å². The van der Waals surface area contributed by atoms with Gasteiger partial charge < -0.3 is 15.1 Å². The quantitative estimate of drug-likeness (QED) is 0.471. The van der Waals surface area contributed by atoms with E-state index in [1.807, 2.05) is 0 Å². The SMILES string of the molecule is O=C(N[C@@H]1CC[C@@H](c2cccc(F)c2F)CN(CC(F)(F)F)C1=O)N1CCC(n2c(=O)[nH]c3ncncc32)CC1. The highest BCUT2D eigenvalue weighted by Crippen LogP contribution is 2.32. The van der Waals surface area contributed by atoms with Crippen LogP contribution in [-0.2, 0) is 4.79 Å². The maximum atomic E-state index is 14.5.